The number of amides is 1. The molecule has 0 atom stereocenters. The fourth-order valence-corrected chi connectivity index (χ4v) is 7.36. The molecule has 2 aliphatic heterocycles. The van der Waals surface area contributed by atoms with Gasteiger partial charge in [0.2, 0.25) is 0 Å². The molecule has 7 rings (SSSR count). The van der Waals surface area contributed by atoms with Crippen LogP contribution in [0, 0.1) is 22.5 Å². The first kappa shape index (κ1) is 30.3. The number of aryl methyl sites for hydroxylation is 1. The molecule has 1 spiro atoms. The summed E-state index contributed by atoms with van der Waals surface area (Å²) < 4.78 is 54.2. The summed E-state index contributed by atoms with van der Waals surface area (Å²) in [5.74, 6) is -0.315. The lowest BCUT2D eigenvalue weighted by Gasteiger charge is -2.58. The van der Waals surface area contributed by atoms with E-state index in [0.717, 1.165) is 48.7 Å². The molecule has 3 fully saturated rings. The Morgan fingerprint density at radius 1 is 1.15 bits per heavy atom. The highest BCUT2D eigenvalue weighted by molar-refractivity contribution is 6.66. The molecule has 2 saturated carbocycles. The highest BCUT2D eigenvalue weighted by Gasteiger charge is 2.55. The van der Waals surface area contributed by atoms with Gasteiger partial charge in [-0.2, -0.15) is 0 Å². The largest absolute Gasteiger partial charge is 0.490 e. The number of benzene rings is 1. The van der Waals surface area contributed by atoms with E-state index in [9.17, 15) is 23.2 Å². The Morgan fingerprint density at radius 2 is 1.93 bits per heavy atom. The number of carbonyl (C=O) groups is 1. The Bertz CT molecular complexity index is 1700. The fraction of sp³-hybridized carbons (Fsp3) is 0.500. The fourth-order valence-electron chi connectivity index (χ4n) is 7.36. The van der Waals surface area contributed by atoms with Gasteiger partial charge < -0.3 is 19.3 Å². The van der Waals surface area contributed by atoms with Crippen molar-refractivity contribution in [3.63, 3.8) is 0 Å². The molecule has 3 aromatic rings. The predicted octanol–water partition coefficient (Wildman–Crippen LogP) is 5.09. The molecule has 0 unspecified atom stereocenters. The maximum Gasteiger partial charge on any atom is 0.282 e. The molecule has 4 aliphatic rings. The summed E-state index contributed by atoms with van der Waals surface area (Å²) in [6.07, 6.45) is 6.27. The summed E-state index contributed by atoms with van der Waals surface area (Å²) in [5, 5.41) is 17.4. The smallest absolute Gasteiger partial charge is 0.282 e. The van der Waals surface area contributed by atoms with Crippen LogP contribution >= 0.6 is 0 Å². The van der Waals surface area contributed by atoms with Gasteiger partial charge in [-0.25, -0.2) is 23.4 Å². The quantitative estimate of drug-likeness (QED) is 0.314. The van der Waals surface area contributed by atoms with Crippen molar-refractivity contribution in [1.82, 2.24) is 25.1 Å². The Hall–Kier alpha value is -4.41. The zero-order valence-electron chi connectivity index (χ0n) is 25.6. The SMILES string of the molecule is CC(C)N(C(=O)c1cc(F)ccc1Oc1nncnc1N1CC2(CC(Oc3ccnc4c3CB(C#N)CC4)C2)C1)C1CC(F)(F)C1. The van der Waals surface area contributed by atoms with Gasteiger partial charge in [-0.05, 0) is 63.7 Å². The molecule has 0 N–H and O–H groups in total. The van der Waals surface area contributed by atoms with Crippen molar-refractivity contribution in [2.75, 3.05) is 18.0 Å². The molecule has 2 aromatic heterocycles. The number of anilines is 1. The Kier molecular flexibility index (Phi) is 7.52. The summed E-state index contributed by atoms with van der Waals surface area (Å²) in [7, 11) is 0. The van der Waals surface area contributed by atoms with Gasteiger partial charge in [0.1, 0.15) is 29.7 Å². The van der Waals surface area contributed by atoms with Crippen molar-refractivity contribution in [3.8, 4) is 23.3 Å². The second kappa shape index (κ2) is 11.4. The van der Waals surface area contributed by atoms with Gasteiger partial charge >= 0.3 is 0 Å². The highest BCUT2D eigenvalue weighted by Crippen LogP contribution is 2.52. The topological polar surface area (TPSA) is 117 Å². The van der Waals surface area contributed by atoms with Crippen molar-refractivity contribution in [1.29, 1.82) is 5.26 Å². The van der Waals surface area contributed by atoms with Crippen molar-refractivity contribution in [3.05, 3.63) is 59.4 Å². The van der Waals surface area contributed by atoms with Crippen LogP contribution in [0.2, 0.25) is 6.32 Å². The Morgan fingerprint density at radius 3 is 2.65 bits per heavy atom. The van der Waals surface area contributed by atoms with Crippen LogP contribution in [-0.4, -0.2) is 74.9 Å². The number of pyridine rings is 1. The monoisotopic (exact) mass is 631 g/mol. The first-order valence-corrected chi connectivity index (χ1v) is 15.7. The van der Waals surface area contributed by atoms with Crippen LogP contribution in [0.1, 0.15) is 61.1 Å². The van der Waals surface area contributed by atoms with E-state index in [1.807, 2.05) is 11.0 Å². The van der Waals surface area contributed by atoms with Crippen LogP contribution < -0.4 is 14.4 Å². The van der Waals surface area contributed by atoms with E-state index >= 15 is 0 Å². The Labute approximate surface area is 265 Å². The van der Waals surface area contributed by atoms with Crippen molar-refractivity contribution < 1.29 is 27.4 Å². The lowest BCUT2D eigenvalue weighted by Crippen LogP contribution is -2.65. The van der Waals surface area contributed by atoms with E-state index in [2.05, 4.69) is 26.1 Å². The zero-order chi connectivity index (χ0) is 32.2. The summed E-state index contributed by atoms with van der Waals surface area (Å²) >= 11 is 0. The highest BCUT2D eigenvalue weighted by atomic mass is 19.3. The lowest BCUT2D eigenvalue weighted by molar-refractivity contribution is -0.120. The van der Waals surface area contributed by atoms with Gasteiger partial charge in [-0.1, -0.05) is 6.32 Å². The average Bonchev–Trinajstić information content (AvgIpc) is 2.97. The van der Waals surface area contributed by atoms with Gasteiger partial charge in [0.05, 0.1) is 5.56 Å². The standard InChI is InChI=1S/C32H33BF3N7O3/c1-19(2)43(21-10-32(35,36)11-21)30(44)23-9-20(34)3-4-26(23)46-29-28(39-18-40-41-29)42-15-31(16-42)12-22(13-31)45-27-6-8-38-25-5-7-33(17-37)14-24(25)27/h3-4,6,8-9,18-19,21-22H,5,7,10-16H2,1-2H3. The van der Waals surface area contributed by atoms with Crippen LogP contribution in [0.25, 0.3) is 0 Å². The minimum Gasteiger partial charge on any atom is -0.490 e. The molecule has 1 saturated heterocycles. The molecule has 10 nitrogen and oxygen atoms in total. The third kappa shape index (κ3) is 5.60. The van der Waals surface area contributed by atoms with Crippen LogP contribution in [0.3, 0.4) is 0 Å². The number of carbonyl (C=O) groups excluding carboxylic acids is 1. The maximum atomic E-state index is 14.4. The number of hydrogen-bond acceptors (Lipinski definition) is 9. The second-order valence-corrected chi connectivity index (χ2v) is 13.4. The summed E-state index contributed by atoms with van der Waals surface area (Å²) in [5.41, 5.74) is 2.03. The first-order valence-electron chi connectivity index (χ1n) is 15.7. The number of hydrogen-bond donors (Lipinski definition) is 0. The first-order chi connectivity index (χ1) is 22.0. The van der Waals surface area contributed by atoms with Crippen molar-refractivity contribution >= 4 is 18.4 Å². The molecule has 1 aromatic carbocycles. The maximum absolute atomic E-state index is 14.4. The average molecular weight is 631 g/mol. The number of halogens is 3. The molecule has 238 valence electrons. The van der Waals surface area contributed by atoms with Gasteiger partial charge in [0.15, 0.2) is 5.82 Å². The van der Waals surface area contributed by atoms with E-state index < -0.39 is 36.5 Å². The van der Waals surface area contributed by atoms with E-state index in [1.54, 1.807) is 20.0 Å². The van der Waals surface area contributed by atoms with Crippen LogP contribution in [0.5, 0.6) is 17.4 Å². The molecule has 2 aliphatic carbocycles. The minimum absolute atomic E-state index is 0.0149. The zero-order valence-corrected chi connectivity index (χ0v) is 25.6. The number of nitrogens with zero attached hydrogens (tertiary/aromatic N) is 7. The lowest BCUT2D eigenvalue weighted by atomic mass is 9.42. The number of alkyl halides is 2. The summed E-state index contributed by atoms with van der Waals surface area (Å²) in [4.78, 5) is 25.9. The van der Waals surface area contributed by atoms with Gasteiger partial charge in [0.25, 0.3) is 24.4 Å². The molecule has 46 heavy (non-hydrogen) atoms. The minimum atomic E-state index is -2.82. The predicted molar refractivity (Wildman–Crippen MR) is 162 cm³/mol. The van der Waals surface area contributed by atoms with Crippen molar-refractivity contribution in [2.45, 2.75) is 82.7 Å². The Balaban J connectivity index is 1.02. The normalized spacial score (nSPS) is 19.8. The molecule has 0 bridgehead atoms. The number of fused-ring (bicyclic) bond motifs is 1. The van der Waals surface area contributed by atoms with Crippen LogP contribution in [0.15, 0.2) is 36.8 Å². The third-order valence-corrected chi connectivity index (χ3v) is 9.63. The van der Waals surface area contributed by atoms with E-state index in [0.29, 0.717) is 25.2 Å². The number of ether oxygens (including phenoxy) is 2. The second-order valence-electron chi connectivity index (χ2n) is 13.4. The molecule has 0 radical (unpaired) electrons. The number of nitriles is 1. The van der Waals surface area contributed by atoms with E-state index in [4.69, 9.17) is 9.47 Å². The van der Waals surface area contributed by atoms with Gasteiger partial charge in [-0.15, -0.1) is 10.2 Å². The van der Waals surface area contributed by atoms with E-state index in [1.165, 1.54) is 23.4 Å². The molecule has 4 heterocycles. The van der Waals surface area contributed by atoms with Gasteiger partial charge in [-0.3, -0.25) is 9.78 Å². The number of rotatable bonds is 8. The number of aromatic nitrogens is 4. The molecule has 14 heteroatoms. The summed E-state index contributed by atoms with van der Waals surface area (Å²) in [6, 6.07) is 4.41. The van der Waals surface area contributed by atoms with Gasteiger partial charge in [0, 0.05) is 66.9 Å². The summed E-state index contributed by atoms with van der Waals surface area (Å²) in [6.45, 7) is 4.85. The molecular weight excluding hydrogens is 598 g/mol. The van der Waals surface area contributed by atoms with Crippen molar-refractivity contribution in [2.24, 2.45) is 5.41 Å². The molecular formula is C32H33BF3N7O3. The van der Waals surface area contributed by atoms with E-state index in [-0.39, 0.29) is 41.5 Å². The molecule has 1 amide bonds. The third-order valence-electron chi connectivity index (χ3n) is 9.63. The van der Waals surface area contributed by atoms with Crippen LogP contribution in [-0.2, 0) is 12.7 Å². The van der Waals surface area contributed by atoms with Crippen LogP contribution in [0.4, 0.5) is 19.0 Å².